The molecule has 0 radical (unpaired) electrons. The van der Waals surface area contributed by atoms with Crippen molar-refractivity contribution < 1.29 is 28.3 Å². The number of hydrogen-bond acceptors (Lipinski definition) is 6. The van der Waals surface area contributed by atoms with Crippen LogP contribution in [0.5, 0.6) is 5.75 Å². The van der Waals surface area contributed by atoms with Crippen LogP contribution >= 0.6 is 0 Å². The average Bonchev–Trinajstić information content (AvgIpc) is 3.29. The summed E-state index contributed by atoms with van der Waals surface area (Å²) in [7, 11) is 0. The number of aryl methyl sites for hydroxylation is 1. The van der Waals surface area contributed by atoms with Crippen molar-refractivity contribution in [2.24, 2.45) is 0 Å². The highest BCUT2D eigenvalue weighted by atomic mass is 19.1. The molecule has 1 aromatic heterocycles. The van der Waals surface area contributed by atoms with Crippen LogP contribution < -0.4 is 9.64 Å². The Hall–Kier alpha value is -3.94. The van der Waals surface area contributed by atoms with E-state index < -0.39 is 23.5 Å². The first-order valence-corrected chi connectivity index (χ1v) is 10.0. The molecule has 1 aliphatic heterocycles. The van der Waals surface area contributed by atoms with Gasteiger partial charge in [0.05, 0.1) is 17.7 Å². The van der Waals surface area contributed by atoms with E-state index in [9.17, 15) is 19.1 Å². The number of aliphatic hydroxyl groups excluding tert-OH is 1. The first kappa shape index (κ1) is 21.3. The van der Waals surface area contributed by atoms with E-state index in [4.69, 9.17) is 9.26 Å². The molecule has 1 aliphatic rings. The normalized spacial score (nSPS) is 17.9. The van der Waals surface area contributed by atoms with Crippen LogP contribution in [-0.4, -0.2) is 28.1 Å². The maximum absolute atomic E-state index is 13.6. The number of carbonyl (C=O) groups excluding carboxylic acids is 2. The molecule has 1 atom stereocenters. The second-order valence-electron chi connectivity index (χ2n) is 7.71. The van der Waals surface area contributed by atoms with Gasteiger partial charge in [-0.25, -0.2) is 4.39 Å². The third-order valence-electron chi connectivity index (χ3n) is 4.99. The fraction of sp³-hybridized carbons (Fsp3) is 0.208. The molecule has 2 heterocycles. The van der Waals surface area contributed by atoms with Gasteiger partial charge in [0.2, 0.25) is 0 Å². The van der Waals surface area contributed by atoms with E-state index in [0.717, 1.165) is 4.90 Å². The molecule has 1 fully saturated rings. The Balaban J connectivity index is 1.85. The fourth-order valence-corrected chi connectivity index (χ4v) is 3.62. The lowest BCUT2D eigenvalue weighted by Gasteiger charge is -2.22. The van der Waals surface area contributed by atoms with Gasteiger partial charge in [0.25, 0.3) is 5.78 Å². The number of anilines is 1. The minimum absolute atomic E-state index is 0.0239. The Labute approximate surface area is 183 Å². The number of aromatic nitrogens is 1. The summed E-state index contributed by atoms with van der Waals surface area (Å²) in [5.74, 6) is -1.39. The molecule has 0 unspecified atom stereocenters. The van der Waals surface area contributed by atoms with E-state index in [2.05, 4.69) is 5.16 Å². The number of carbonyl (C=O) groups is 2. The van der Waals surface area contributed by atoms with E-state index in [1.54, 1.807) is 31.2 Å². The maximum Gasteiger partial charge on any atom is 0.301 e. The highest BCUT2D eigenvalue weighted by Gasteiger charge is 2.48. The first-order chi connectivity index (χ1) is 15.3. The predicted molar refractivity (Wildman–Crippen MR) is 115 cm³/mol. The van der Waals surface area contributed by atoms with E-state index >= 15 is 0 Å². The zero-order chi connectivity index (χ0) is 23.0. The van der Waals surface area contributed by atoms with Gasteiger partial charge in [0.1, 0.15) is 23.1 Å². The molecule has 1 N–H and O–H groups in total. The maximum atomic E-state index is 13.6. The van der Waals surface area contributed by atoms with E-state index in [1.807, 2.05) is 13.8 Å². The molecule has 3 aromatic rings. The number of nitrogens with zero attached hydrogens (tertiary/aromatic N) is 2. The van der Waals surface area contributed by atoms with Gasteiger partial charge in [0.15, 0.2) is 5.82 Å². The molecule has 1 saturated heterocycles. The zero-order valence-corrected chi connectivity index (χ0v) is 17.7. The van der Waals surface area contributed by atoms with Crippen molar-refractivity contribution in [3.8, 4) is 5.75 Å². The summed E-state index contributed by atoms with van der Waals surface area (Å²) in [6.45, 7) is 5.44. The monoisotopic (exact) mass is 436 g/mol. The van der Waals surface area contributed by atoms with Crippen LogP contribution in [-0.2, 0) is 9.59 Å². The first-order valence-electron chi connectivity index (χ1n) is 10.0. The second kappa shape index (κ2) is 8.30. The summed E-state index contributed by atoms with van der Waals surface area (Å²) in [4.78, 5) is 27.1. The van der Waals surface area contributed by atoms with Crippen LogP contribution in [0, 0.1) is 12.7 Å². The van der Waals surface area contributed by atoms with Crippen LogP contribution in [0.2, 0.25) is 0 Å². The largest absolute Gasteiger partial charge is 0.507 e. The fourth-order valence-electron chi connectivity index (χ4n) is 3.62. The van der Waals surface area contributed by atoms with Crippen molar-refractivity contribution in [1.29, 1.82) is 0 Å². The Morgan fingerprint density at radius 2 is 1.78 bits per heavy atom. The molecule has 1 amide bonds. The van der Waals surface area contributed by atoms with Crippen molar-refractivity contribution in [3.63, 3.8) is 0 Å². The van der Waals surface area contributed by atoms with Crippen LogP contribution in [0.4, 0.5) is 10.2 Å². The third kappa shape index (κ3) is 3.87. The Bertz CT molecular complexity index is 1200. The summed E-state index contributed by atoms with van der Waals surface area (Å²) in [6.07, 6.45) is -0.0239. The minimum Gasteiger partial charge on any atom is -0.507 e. The standard InChI is InChI=1S/C24H21FN2O5/c1-13(2)31-18-10-6-16(7-11-18)22(28)20-21(15-4-8-17(25)9-5-15)27(24(30)23(20)29)19-12-14(3)32-26-19/h4-13,21,28H,1-3H3/b22-20+/t21-/m0/s1. The summed E-state index contributed by atoms with van der Waals surface area (Å²) in [6, 6.07) is 12.4. The van der Waals surface area contributed by atoms with E-state index in [0.29, 0.717) is 22.6 Å². The molecule has 0 spiro atoms. The lowest BCUT2D eigenvalue weighted by molar-refractivity contribution is -0.132. The van der Waals surface area contributed by atoms with Crippen molar-refractivity contribution in [1.82, 2.24) is 5.16 Å². The molecular weight excluding hydrogens is 415 g/mol. The van der Waals surface area contributed by atoms with Crippen molar-refractivity contribution in [2.45, 2.75) is 32.9 Å². The second-order valence-corrected chi connectivity index (χ2v) is 7.71. The molecule has 164 valence electrons. The van der Waals surface area contributed by atoms with Crippen LogP contribution in [0.3, 0.4) is 0 Å². The van der Waals surface area contributed by atoms with Gasteiger partial charge in [-0.1, -0.05) is 17.3 Å². The van der Waals surface area contributed by atoms with Gasteiger partial charge in [-0.05, 0) is 62.7 Å². The van der Waals surface area contributed by atoms with Gasteiger partial charge < -0.3 is 14.4 Å². The van der Waals surface area contributed by atoms with Crippen molar-refractivity contribution in [2.75, 3.05) is 4.90 Å². The van der Waals surface area contributed by atoms with Crippen LogP contribution in [0.15, 0.2) is 64.7 Å². The quantitative estimate of drug-likeness (QED) is 0.359. The lowest BCUT2D eigenvalue weighted by atomic mass is 9.95. The van der Waals surface area contributed by atoms with Gasteiger partial charge in [-0.15, -0.1) is 0 Å². The highest BCUT2D eigenvalue weighted by molar-refractivity contribution is 6.51. The molecule has 8 heteroatoms. The van der Waals surface area contributed by atoms with Crippen LogP contribution in [0.1, 0.15) is 36.8 Å². The number of benzene rings is 2. The molecule has 32 heavy (non-hydrogen) atoms. The predicted octanol–water partition coefficient (Wildman–Crippen LogP) is 4.54. The number of ether oxygens (including phenoxy) is 1. The summed E-state index contributed by atoms with van der Waals surface area (Å²) in [5.41, 5.74) is 0.648. The summed E-state index contributed by atoms with van der Waals surface area (Å²) < 4.78 is 24.2. The van der Waals surface area contributed by atoms with Gasteiger partial charge in [-0.2, -0.15) is 0 Å². The number of rotatable bonds is 5. The number of halogens is 1. The minimum atomic E-state index is -1.01. The topological polar surface area (TPSA) is 92.9 Å². The molecular formula is C24H21FN2O5. The zero-order valence-electron chi connectivity index (χ0n) is 17.7. The number of amides is 1. The number of Topliss-reactive ketones (excluding diaryl/α,β-unsaturated/α-hetero) is 1. The molecule has 4 rings (SSSR count). The lowest BCUT2D eigenvalue weighted by Crippen LogP contribution is -2.29. The summed E-state index contributed by atoms with van der Waals surface area (Å²) >= 11 is 0. The summed E-state index contributed by atoms with van der Waals surface area (Å²) in [5, 5.41) is 14.9. The number of hydrogen-bond donors (Lipinski definition) is 1. The van der Waals surface area contributed by atoms with E-state index in [-0.39, 0.29) is 23.3 Å². The molecule has 2 aromatic carbocycles. The third-order valence-corrected chi connectivity index (χ3v) is 4.99. The van der Waals surface area contributed by atoms with E-state index in [1.165, 1.54) is 30.3 Å². The Kier molecular flexibility index (Phi) is 5.52. The van der Waals surface area contributed by atoms with Crippen LogP contribution in [0.25, 0.3) is 5.76 Å². The molecule has 0 bridgehead atoms. The smallest absolute Gasteiger partial charge is 0.301 e. The van der Waals surface area contributed by atoms with Crippen molar-refractivity contribution >= 4 is 23.3 Å². The number of ketones is 1. The molecule has 0 saturated carbocycles. The van der Waals surface area contributed by atoms with Gasteiger partial charge in [-0.3, -0.25) is 14.5 Å². The highest BCUT2D eigenvalue weighted by Crippen LogP contribution is 2.42. The van der Waals surface area contributed by atoms with Gasteiger partial charge >= 0.3 is 5.91 Å². The Morgan fingerprint density at radius 3 is 2.34 bits per heavy atom. The molecule has 0 aliphatic carbocycles. The molecule has 7 nitrogen and oxygen atoms in total. The van der Waals surface area contributed by atoms with Gasteiger partial charge in [0, 0.05) is 11.6 Å². The SMILES string of the molecule is Cc1cc(N2C(=O)C(=O)/C(=C(/O)c3ccc(OC(C)C)cc3)[C@@H]2c2ccc(F)cc2)no1. The number of aliphatic hydroxyl groups is 1. The van der Waals surface area contributed by atoms with Crippen molar-refractivity contribution in [3.05, 3.63) is 82.9 Å². The average molecular weight is 436 g/mol. The Morgan fingerprint density at radius 1 is 1.12 bits per heavy atom.